The number of hydrogen-bond acceptors (Lipinski definition) is 1. The van der Waals surface area contributed by atoms with Gasteiger partial charge in [-0.25, -0.2) is 4.39 Å². The normalized spacial score (nSPS) is 14.0. The van der Waals surface area contributed by atoms with Gasteiger partial charge in [-0.05, 0) is 12.1 Å². The SMILES string of the molecule is NC(Cc1c(F)cccc1Cl)C(F)(F)F. The molecule has 0 aliphatic heterocycles. The highest BCUT2D eigenvalue weighted by atomic mass is 35.5. The summed E-state index contributed by atoms with van der Waals surface area (Å²) in [7, 11) is 0. The molecule has 0 fully saturated rings. The van der Waals surface area contributed by atoms with E-state index in [0.29, 0.717) is 0 Å². The summed E-state index contributed by atoms with van der Waals surface area (Å²) in [5, 5.41) is -0.0466. The fourth-order valence-corrected chi connectivity index (χ4v) is 1.30. The van der Waals surface area contributed by atoms with Crippen molar-refractivity contribution in [2.45, 2.75) is 18.6 Å². The van der Waals surface area contributed by atoms with Crippen LogP contribution in [0.2, 0.25) is 5.02 Å². The predicted octanol–water partition coefficient (Wildman–Crippen LogP) is 2.91. The first-order valence-electron chi connectivity index (χ1n) is 4.07. The van der Waals surface area contributed by atoms with E-state index in [1.165, 1.54) is 12.1 Å². The molecule has 0 aromatic heterocycles. The molecule has 1 nitrogen and oxygen atoms in total. The first kappa shape index (κ1) is 12.3. The zero-order chi connectivity index (χ0) is 11.6. The lowest BCUT2D eigenvalue weighted by atomic mass is 10.1. The third-order valence-electron chi connectivity index (χ3n) is 1.91. The van der Waals surface area contributed by atoms with E-state index >= 15 is 0 Å². The summed E-state index contributed by atoms with van der Waals surface area (Å²) >= 11 is 5.56. The highest BCUT2D eigenvalue weighted by Crippen LogP contribution is 2.26. The van der Waals surface area contributed by atoms with Crippen LogP contribution in [0.4, 0.5) is 17.6 Å². The molecular formula is C9H8ClF4N. The van der Waals surface area contributed by atoms with Crippen molar-refractivity contribution in [2.75, 3.05) is 0 Å². The molecule has 0 aliphatic rings. The topological polar surface area (TPSA) is 26.0 Å². The van der Waals surface area contributed by atoms with Crippen molar-refractivity contribution >= 4 is 11.6 Å². The zero-order valence-electron chi connectivity index (χ0n) is 7.48. The second kappa shape index (κ2) is 4.37. The quantitative estimate of drug-likeness (QED) is 0.792. The van der Waals surface area contributed by atoms with E-state index in [1.54, 1.807) is 0 Å². The van der Waals surface area contributed by atoms with Gasteiger partial charge < -0.3 is 5.73 Å². The van der Waals surface area contributed by atoms with E-state index in [-0.39, 0.29) is 10.6 Å². The Bertz CT molecular complexity index is 330. The summed E-state index contributed by atoms with van der Waals surface area (Å²) < 4.78 is 49.4. The van der Waals surface area contributed by atoms with E-state index < -0.39 is 24.5 Å². The minimum Gasteiger partial charge on any atom is -0.320 e. The van der Waals surface area contributed by atoms with Gasteiger partial charge in [0.15, 0.2) is 0 Å². The van der Waals surface area contributed by atoms with Crippen molar-refractivity contribution in [3.05, 3.63) is 34.6 Å². The fourth-order valence-electron chi connectivity index (χ4n) is 1.06. The Morgan fingerprint density at radius 2 is 1.93 bits per heavy atom. The maximum absolute atomic E-state index is 13.1. The van der Waals surface area contributed by atoms with Crippen LogP contribution in [0.5, 0.6) is 0 Å². The Hall–Kier alpha value is -0.810. The fraction of sp³-hybridized carbons (Fsp3) is 0.333. The van der Waals surface area contributed by atoms with Gasteiger partial charge in [0.1, 0.15) is 11.9 Å². The molecule has 0 aliphatic carbocycles. The lowest BCUT2D eigenvalue weighted by molar-refractivity contribution is -0.147. The number of halogens is 5. The zero-order valence-corrected chi connectivity index (χ0v) is 8.24. The molecule has 0 heterocycles. The van der Waals surface area contributed by atoms with Crippen LogP contribution in [0.15, 0.2) is 18.2 Å². The van der Waals surface area contributed by atoms with Crippen LogP contribution < -0.4 is 5.73 Å². The summed E-state index contributed by atoms with van der Waals surface area (Å²) in [6, 6.07) is 1.58. The van der Waals surface area contributed by atoms with Crippen molar-refractivity contribution in [1.82, 2.24) is 0 Å². The Labute approximate surface area is 88.8 Å². The van der Waals surface area contributed by atoms with E-state index in [0.717, 1.165) is 6.07 Å². The average Bonchev–Trinajstić information content (AvgIpc) is 2.09. The van der Waals surface area contributed by atoms with Crippen LogP contribution in [-0.2, 0) is 6.42 Å². The molecule has 0 radical (unpaired) electrons. The number of nitrogens with two attached hydrogens (primary N) is 1. The van der Waals surface area contributed by atoms with Gasteiger partial charge >= 0.3 is 6.18 Å². The number of rotatable bonds is 2. The van der Waals surface area contributed by atoms with E-state index in [9.17, 15) is 17.6 Å². The van der Waals surface area contributed by atoms with Gasteiger partial charge in [-0.15, -0.1) is 0 Å². The molecule has 1 aromatic carbocycles. The monoisotopic (exact) mass is 241 g/mol. The van der Waals surface area contributed by atoms with Gasteiger partial charge in [-0.3, -0.25) is 0 Å². The van der Waals surface area contributed by atoms with E-state index in [2.05, 4.69) is 0 Å². The summed E-state index contributed by atoms with van der Waals surface area (Å²) in [4.78, 5) is 0. The van der Waals surface area contributed by atoms with Crippen molar-refractivity contribution in [1.29, 1.82) is 0 Å². The van der Waals surface area contributed by atoms with Crippen LogP contribution in [0.3, 0.4) is 0 Å². The summed E-state index contributed by atoms with van der Waals surface area (Å²) in [5.41, 5.74) is 4.67. The molecule has 2 N–H and O–H groups in total. The van der Waals surface area contributed by atoms with Crippen LogP contribution in [0.1, 0.15) is 5.56 Å². The van der Waals surface area contributed by atoms with Crippen molar-refractivity contribution in [3.63, 3.8) is 0 Å². The van der Waals surface area contributed by atoms with Gasteiger partial charge in [0.25, 0.3) is 0 Å². The summed E-state index contributed by atoms with van der Waals surface area (Å²) in [6.45, 7) is 0. The summed E-state index contributed by atoms with van der Waals surface area (Å²) in [5.74, 6) is -0.776. The minimum absolute atomic E-state index is 0.0466. The van der Waals surface area contributed by atoms with Gasteiger partial charge in [0, 0.05) is 17.0 Å². The molecule has 0 bridgehead atoms. The highest BCUT2D eigenvalue weighted by Gasteiger charge is 2.37. The molecule has 1 aromatic rings. The number of hydrogen-bond donors (Lipinski definition) is 1. The molecule has 6 heteroatoms. The van der Waals surface area contributed by atoms with Crippen LogP contribution in [-0.4, -0.2) is 12.2 Å². The molecule has 0 saturated carbocycles. The first-order chi connectivity index (χ1) is 6.82. The molecule has 15 heavy (non-hydrogen) atoms. The highest BCUT2D eigenvalue weighted by molar-refractivity contribution is 6.31. The van der Waals surface area contributed by atoms with Crippen LogP contribution in [0, 0.1) is 5.82 Å². The lowest BCUT2D eigenvalue weighted by Gasteiger charge is -2.16. The minimum atomic E-state index is -4.55. The van der Waals surface area contributed by atoms with Crippen molar-refractivity contribution in [3.8, 4) is 0 Å². The van der Waals surface area contributed by atoms with E-state index in [1.807, 2.05) is 0 Å². The van der Waals surface area contributed by atoms with Gasteiger partial charge in [0.2, 0.25) is 0 Å². The molecule has 1 atom stereocenters. The molecule has 0 spiro atoms. The largest absolute Gasteiger partial charge is 0.403 e. The maximum atomic E-state index is 13.1. The molecule has 0 saturated heterocycles. The van der Waals surface area contributed by atoms with Gasteiger partial charge in [0.05, 0.1) is 0 Å². The Morgan fingerprint density at radius 1 is 1.33 bits per heavy atom. The Kier molecular flexibility index (Phi) is 3.57. The predicted molar refractivity (Wildman–Crippen MR) is 49.1 cm³/mol. The smallest absolute Gasteiger partial charge is 0.320 e. The Balaban J connectivity index is 2.90. The van der Waals surface area contributed by atoms with Gasteiger partial charge in [-0.1, -0.05) is 17.7 Å². The molecule has 1 unspecified atom stereocenters. The molecule has 84 valence electrons. The third-order valence-corrected chi connectivity index (χ3v) is 2.26. The van der Waals surface area contributed by atoms with Crippen molar-refractivity contribution < 1.29 is 17.6 Å². The van der Waals surface area contributed by atoms with Crippen molar-refractivity contribution in [2.24, 2.45) is 5.73 Å². The maximum Gasteiger partial charge on any atom is 0.403 e. The van der Waals surface area contributed by atoms with Crippen LogP contribution >= 0.6 is 11.6 Å². The molecule has 1 rings (SSSR count). The standard InChI is InChI=1S/C9H8ClF4N/c10-6-2-1-3-7(11)5(6)4-8(15)9(12,13)14/h1-3,8H,4,15H2. The van der Waals surface area contributed by atoms with Gasteiger partial charge in [-0.2, -0.15) is 13.2 Å². The first-order valence-corrected chi connectivity index (χ1v) is 4.45. The summed E-state index contributed by atoms with van der Waals surface area (Å²) in [6.07, 6.45) is -5.21. The third kappa shape index (κ3) is 3.07. The molecule has 0 amide bonds. The molecular weight excluding hydrogens is 234 g/mol. The number of alkyl halides is 3. The second-order valence-corrected chi connectivity index (χ2v) is 3.46. The number of benzene rings is 1. The lowest BCUT2D eigenvalue weighted by Crippen LogP contribution is -2.39. The van der Waals surface area contributed by atoms with Crippen LogP contribution in [0.25, 0.3) is 0 Å². The second-order valence-electron chi connectivity index (χ2n) is 3.05. The average molecular weight is 242 g/mol. The Morgan fingerprint density at radius 3 is 2.40 bits per heavy atom. The van der Waals surface area contributed by atoms with E-state index in [4.69, 9.17) is 17.3 Å².